The zero-order valence-electron chi connectivity index (χ0n) is 12.4. The van der Waals surface area contributed by atoms with E-state index in [4.69, 9.17) is 23.2 Å². The molecular weight excluding hydrogens is 357 g/mol. The van der Waals surface area contributed by atoms with E-state index in [1.807, 2.05) is 0 Å². The zero-order chi connectivity index (χ0) is 17.9. The summed E-state index contributed by atoms with van der Waals surface area (Å²) in [6.45, 7) is 0. The van der Waals surface area contributed by atoms with Crippen LogP contribution in [0.2, 0.25) is 10.0 Å². The lowest BCUT2D eigenvalue weighted by Crippen LogP contribution is -2.07. The first-order valence-corrected chi connectivity index (χ1v) is 7.43. The van der Waals surface area contributed by atoms with Crippen LogP contribution in [-0.2, 0) is 11.2 Å². The molecule has 0 aromatic heterocycles. The van der Waals surface area contributed by atoms with Gasteiger partial charge in [-0.1, -0.05) is 35.3 Å². The standard InChI is InChI=1S/C16H11Cl2NO5/c1-24-16(21)10-4-2-9(3-5-10)15(20)7-11-6-12(17)13(18)8-14(11)19(22)23/h2-6,8H,7H2,1H3. The summed E-state index contributed by atoms with van der Waals surface area (Å²) in [7, 11) is 1.25. The van der Waals surface area contributed by atoms with Gasteiger partial charge in [-0.3, -0.25) is 14.9 Å². The molecule has 0 N–H and O–H groups in total. The van der Waals surface area contributed by atoms with Crippen LogP contribution in [0.3, 0.4) is 0 Å². The Balaban J connectivity index is 2.28. The Labute approximate surface area is 147 Å². The van der Waals surface area contributed by atoms with Crippen LogP contribution in [0.1, 0.15) is 26.3 Å². The average molecular weight is 368 g/mol. The summed E-state index contributed by atoms with van der Waals surface area (Å²) >= 11 is 11.7. The number of carbonyl (C=O) groups is 2. The number of ketones is 1. The number of ether oxygens (including phenoxy) is 1. The highest BCUT2D eigenvalue weighted by atomic mass is 35.5. The van der Waals surface area contributed by atoms with Crippen LogP contribution >= 0.6 is 23.2 Å². The van der Waals surface area contributed by atoms with Gasteiger partial charge in [-0.15, -0.1) is 0 Å². The number of nitrogens with zero attached hydrogens (tertiary/aromatic N) is 1. The summed E-state index contributed by atoms with van der Waals surface area (Å²) in [5.74, 6) is -0.873. The molecule has 2 aromatic rings. The summed E-state index contributed by atoms with van der Waals surface area (Å²) < 4.78 is 4.57. The predicted molar refractivity (Wildman–Crippen MR) is 88.9 cm³/mol. The lowest BCUT2D eigenvalue weighted by atomic mass is 10.0. The molecule has 8 heteroatoms. The molecule has 0 heterocycles. The van der Waals surface area contributed by atoms with E-state index in [2.05, 4.69) is 4.74 Å². The van der Waals surface area contributed by atoms with Gasteiger partial charge in [0.25, 0.3) is 5.69 Å². The van der Waals surface area contributed by atoms with Crippen molar-refractivity contribution in [1.29, 1.82) is 0 Å². The molecule has 0 amide bonds. The number of hydrogen-bond donors (Lipinski definition) is 0. The number of hydrogen-bond acceptors (Lipinski definition) is 5. The third-order valence-electron chi connectivity index (χ3n) is 3.30. The van der Waals surface area contributed by atoms with Gasteiger partial charge in [0, 0.05) is 23.6 Å². The molecule has 0 bridgehead atoms. The van der Waals surface area contributed by atoms with Crippen molar-refractivity contribution in [2.45, 2.75) is 6.42 Å². The topological polar surface area (TPSA) is 86.5 Å². The minimum Gasteiger partial charge on any atom is -0.465 e. The van der Waals surface area contributed by atoms with Crippen LogP contribution < -0.4 is 0 Å². The molecule has 2 rings (SSSR count). The number of methoxy groups -OCH3 is 1. The van der Waals surface area contributed by atoms with E-state index in [1.54, 1.807) is 0 Å². The van der Waals surface area contributed by atoms with Crippen LogP contribution in [0.15, 0.2) is 36.4 Å². The van der Waals surface area contributed by atoms with Crippen LogP contribution in [-0.4, -0.2) is 23.8 Å². The highest BCUT2D eigenvalue weighted by Gasteiger charge is 2.20. The van der Waals surface area contributed by atoms with Gasteiger partial charge in [-0.25, -0.2) is 4.79 Å². The quantitative estimate of drug-likeness (QED) is 0.343. The van der Waals surface area contributed by atoms with Gasteiger partial charge in [0.15, 0.2) is 5.78 Å². The normalized spacial score (nSPS) is 10.3. The highest BCUT2D eigenvalue weighted by molar-refractivity contribution is 6.42. The Kier molecular flexibility index (Phi) is 5.54. The largest absolute Gasteiger partial charge is 0.465 e. The maximum Gasteiger partial charge on any atom is 0.337 e. The van der Waals surface area contributed by atoms with Crippen LogP contribution in [0.5, 0.6) is 0 Å². The smallest absolute Gasteiger partial charge is 0.337 e. The van der Waals surface area contributed by atoms with Crippen LogP contribution in [0.4, 0.5) is 5.69 Å². The maximum absolute atomic E-state index is 12.3. The Morgan fingerprint density at radius 2 is 1.62 bits per heavy atom. The van der Waals surface area contributed by atoms with Crippen LogP contribution in [0, 0.1) is 10.1 Å². The molecule has 0 aliphatic rings. The monoisotopic (exact) mass is 367 g/mol. The molecule has 0 unspecified atom stereocenters. The molecule has 0 saturated carbocycles. The van der Waals surface area contributed by atoms with Crippen molar-refractivity contribution >= 4 is 40.6 Å². The summed E-state index contributed by atoms with van der Waals surface area (Å²) in [6, 6.07) is 8.23. The molecule has 6 nitrogen and oxygen atoms in total. The zero-order valence-corrected chi connectivity index (χ0v) is 13.9. The number of esters is 1. The van der Waals surface area contributed by atoms with Crippen molar-refractivity contribution in [3.05, 3.63) is 73.2 Å². The van der Waals surface area contributed by atoms with E-state index in [0.29, 0.717) is 11.1 Å². The fraction of sp³-hybridized carbons (Fsp3) is 0.125. The van der Waals surface area contributed by atoms with Gasteiger partial charge in [0.2, 0.25) is 0 Å². The summed E-state index contributed by atoms with van der Waals surface area (Å²) in [4.78, 5) is 34.2. The van der Waals surface area contributed by atoms with Crippen molar-refractivity contribution in [3.63, 3.8) is 0 Å². The first-order valence-electron chi connectivity index (χ1n) is 6.67. The highest BCUT2D eigenvalue weighted by Crippen LogP contribution is 2.31. The summed E-state index contributed by atoms with van der Waals surface area (Å²) in [5, 5.41) is 11.3. The van der Waals surface area contributed by atoms with Crippen molar-refractivity contribution in [2.24, 2.45) is 0 Å². The first kappa shape index (κ1) is 17.9. The fourth-order valence-corrected chi connectivity index (χ4v) is 2.42. The second-order valence-corrected chi connectivity index (χ2v) is 5.64. The van der Waals surface area contributed by atoms with Crippen molar-refractivity contribution in [3.8, 4) is 0 Å². The van der Waals surface area contributed by atoms with Gasteiger partial charge >= 0.3 is 5.97 Å². The number of nitro benzene ring substituents is 1. The number of nitro groups is 1. The third-order valence-corrected chi connectivity index (χ3v) is 4.02. The van der Waals surface area contributed by atoms with E-state index in [-0.39, 0.29) is 33.5 Å². The van der Waals surface area contributed by atoms with E-state index in [0.717, 1.165) is 6.07 Å². The molecule has 24 heavy (non-hydrogen) atoms. The van der Waals surface area contributed by atoms with Crippen molar-refractivity contribution < 1.29 is 19.2 Å². The summed E-state index contributed by atoms with van der Waals surface area (Å²) in [5.41, 5.74) is 0.498. The van der Waals surface area contributed by atoms with Crippen LogP contribution in [0.25, 0.3) is 0 Å². The van der Waals surface area contributed by atoms with Crippen molar-refractivity contribution in [1.82, 2.24) is 0 Å². The molecule has 124 valence electrons. The third kappa shape index (κ3) is 3.90. The summed E-state index contributed by atoms with van der Waals surface area (Å²) in [6.07, 6.45) is -0.217. The Hall–Kier alpha value is -2.44. The molecule has 0 atom stereocenters. The second-order valence-electron chi connectivity index (χ2n) is 4.82. The van der Waals surface area contributed by atoms with Gasteiger partial charge < -0.3 is 4.74 Å². The molecular formula is C16H11Cl2NO5. The van der Waals surface area contributed by atoms with E-state index < -0.39 is 10.9 Å². The van der Waals surface area contributed by atoms with Gasteiger partial charge in [0.05, 0.1) is 27.6 Å². The Morgan fingerprint density at radius 1 is 1.08 bits per heavy atom. The van der Waals surface area contributed by atoms with Gasteiger partial charge in [0.1, 0.15) is 0 Å². The lowest BCUT2D eigenvalue weighted by Gasteiger charge is -2.06. The Morgan fingerprint density at radius 3 is 2.17 bits per heavy atom. The predicted octanol–water partition coefficient (Wildman–Crippen LogP) is 4.11. The molecule has 0 saturated heterocycles. The number of halogens is 2. The fourth-order valence-electron chi connectivity index (χ4n) is 2.07. The molecule has 0 fully saturated rings. The molecule has 0 aliphatic heterocycles. The first-order chi connectivity index (χ1) is 11.3. The second kappa shape index (κ2) is 7.42. The van der Waals surface area contributed by atoms with Gasteiger partial charge in [-0.2, -0.15) is 0 Å². The minimum atomic E-state index is -0.620. The van der Waals surface area contributed by atoms with E-state index >= 15 is 0 Å². The number of benzene rings is 2. The number of rotatable bonds is 5. The molecule has 0 spiro atoms. The lowest BCUT2D eigenvalue weighted by molar-refractivity contribution is -0.385. The average Bonchev–Trinajstić information content (AvgIpc) is 2.57. The number of carbonyl (C=O) groups excluding carboxylic acids is 2. The molecule has 0 aliphatic carbocycles. The molecule has 0 radical (unpaired) electrons. The minimum absolute atomic E-state index is 0.0435. The van der Waals surface area contributed by atoms with Gasteiger partial charge in [-0.05, 0) is 18.2 Å². The Bertz CT molecular complexity index is 818. The SMILES string of the molecule is COC(=O)c1ccc(C(=O)Cc2cc(Cl)c(Cl)cc2[N+](=O)[O-])cc1. The molecule has 2 aromatic carbocycles. The number of Topliss-reactive ketones (excluding diaryl/α,β-unsaturated/α-hetero) is 1. The van der Waals surface area contributed by atoms with E-state index in [1.165, 1.54) is 37.4 Å². The maximum atomic E-state index is 12.3. The van der Waals surface area contributed by atoms with E-state index in [9.17, 15) is 19.7 Å². The van der Waals surface area contributed by atoms with Crippen molar-refractivity contribution in [2.75, 3.05) is 7.11 Å².